The lowest BCUT2D eigenvalue weighted by atomic mass is 10.2. The maximum absolute atomic E-state index is 12.2. The lowest BCUT2D eigenvalue weighted by Crippen LogP contribution is -2.18. The van der Waals surface area contributed by atoms with Gasteiger partial charge in [-0.05, 0) is 48.0 Å². The Morgan fingerprint density at radius 1 is 1.00 bits per heavy atom. The molecule has 1 N–H and O–H groups in total. The van der Waals surface area contributed by atoms with Gasteiger partial charge in [0.05, 0.1) is 18.2 Å². The monoisotopic (exact) mass is 464 g/mol. The van der Waals surface area contributed by atoms with E-state index < -0.39 is 10.0 Å². The van der Waals surface area contributed by atoms with E-state index >= 15 is 0 Å². The molecule has 6 nitrogen and oxygen atoms in total. The molecule has 0 saturated carbocycles. The molecule has 0 amide bonds. The van der Waals surface area contributed by atoms with Gasteiger partial charge in [-0.15, -0.1) is 0 Å². The summed E-state index contributed by atoms with van der Waals surface area (Å²) in [7, 11) is -2.21. The first-order valence-electron chi connectivity index (χ1n) is 8.74. The highest BCUT2D eigenvalue weighted by Crippen LogP contribution is 2.30. The average molecular weight is 465 g/mol. The zero-order chi connectivity index (χ0) is 21.6. The summed E-state index contributed by atoms with van der Waals surface area (Å²) < 4.78 is 35.6. The third-order valence-electron chi connectivity index (χ3n) is 4.03. The van der Waals surface area contributed by atoms with E-state index in [2.05, 4.69) is 9.93 Å². The number of ether oxygens (including phenoxy) is 2. The summed E-state index contributed by atoms with van der Waals surface area (Å²) in [5.41, 5.74) is 1.38. The van der Waals surface area contributed by atoms with Gasteiger partial charge in [0, 0.05) is 15.6 Å². The molecule has 0 fully saturated rings. The summed E-state index contributed by atoms with van der Waals surface area (Å²) in [6.45, 7) is 0.202. The molecule has 0 aliphatic rings. The first kappa shape index (κ1) is 22.0. The normalized spacial score (nSPS) is 11.4. The molecule has 0 aromatic heterocycles. The number of methoxy groups -OCH3 is 1. The van der Waals surface area contributed by atoms with Crippen LogP contribution in [0.5, 0.6) is 11.5 Å². The Balaban J connectivity index is 1.73. The van der Waals surface area contributed by atoms with Gasteiger partial charge >= 0.3 is 0 Å². The van der Waals surface area contributed by atoms with Crippen molar-refractivity contribution in [3.63, 3.8) is 0 Å². The third-order valence-corrected chi connectivity index (χ3v) is 5.85. The maximum Gasteiger partial charge on any atom is 0.276 e. The van der Waals surface area contributed by atoms with E-state index in [1.165, 1.54) is 25.5 Å². The van der Waals surface area contributed by atoms with Gasteiger partial charge in [0.15, 0.2) is 11.5 Å². The minimum atomic E-state index is -3.74. The fraction of sp³-hybridized carbons (Fsp3) is 0.0952. The Bertz CT molecular complexity index is 1150. The molecule has 9 heteroatoms. The molecule has 0 heterocycles. The van der Waals surface area contributed by atoms with E-state index in [1.54, 1.807) is 54.6 Å². The second-order valence-electron chi connectivity index (χ2n) is 6.10. The topological polar surface area (TPSA) is 77.0 Å². The van der Waals surface area contributed by atoms with Gasteiger partial charge in [0.25, 0.3) is 10.0 Å². The van der Waals surface area contributed by atoms with Crippen LogP contribution in [0.1, 0.15) is 11.1 Å². The predicted molar refractivity (Wildman–Crippen MR) is 118 cm³/mol. The van der Waals surface area contributed by atoms with E-state index in [9.17, 15) is 8.42 Å². The van der Waals surface area contributed by atoms with E-state index in [0.717, 1.165) is 5.56 Å². The number of halogens is 2. The Hall–Kier alpha value is -2.74. The van der Waals surface area contributed by atoms with Crippen LogP contribution in [0, 0.1) is 0 Å². The summed E-state index contributed by atoms with van der Waals surface area (Å²) in [4.78, 5) is 2.31. The molecule has 0 atom stereocenters. The fourth-order valence-corrected chi connectivity index (χ4v) is 3.78. The second kappa shape index (κ2) is 9.84. The van der Waals surface area contributed by atoms with Crippen molar-refractivity contribution in [1.82, 2.24) is 4.83 Å². The van der Waals surface area contributed by atoms with Gasteiger partial charge < -0.3 is 9.47 Å². The Labute approximate surface area is 185 Å². The molecule has 156 valence electrons. The molecular weight excluding hydrogens is 447 g/mol. The first-order valence-corrected chi connectivity index (χ1v) is 11.0. The first-order chi connectivity index (χ1) is 14.4. The maximum atomic E-state index is 12.2. The largest absolute Gasteiger partial charge is 0.493 e. The highest BCUT2D eigenvalue weighted by atomic mass is 35.5. The number of benzene rings is 3. The lowest BCUT2D eigenvalue weighted by molar-refractivity contribution is 0.284. The molecule has 0 spiro atoms. The zero-order valence-electron chi connectivity index (χ0n) is 15.9. The molecule has 3 aromatic carbocycles. The van der Waals surface area contributed by atoms with Gasteiger partial charge in [0.2, 0.25) is 0 Å². The SMILES string of the molecule is COc1ccc(/C=N\NS(=O)(=O)c2ccccc2)cc1OCc1ccc(Cl)cc1Cl. The van der Waals surface area contributed by atoms with Crippen LogP contribution >= 0.6 is 23.2 Å². The quantitative estimate of drug-likeness (QED) is 0.380. The highest BCUT2D eigenvalue weighted by molar-refractivity contribution is 7.89. The summed E-state index contributed by atoms with van der Waals surface area (Å²) in [5.74, 6) is 0.973. The van der Waals surface area contributed by atoms with Gasteiger partial charge in [-0.25, -0.2) is 4.83 Å². The molecule has 0 bridgehead atoms. The third kappa shape index (κ3) is 5.66. The van der Waals surface area contributed by atoms with Crippen LogP contribution in [0.3, 0.4) is 0 Å². The van der Waals surface area contributed by atoms with Crippen LogP contribution in [0.15, 0.2) is 76.7 Å². The van der Waals surface area contributed by atoms with Crippen LogP contribution < -0.4 is 14.3 Å². The van der Waals surface area contributed by atoms with Crippen molar-refractivity contribution in [3.8, 4) is 11.5 Å². The molecule has 30 heavy (non-hydrogen) atoms. The molecule has 0 saturated heterocycles. The van der Waals surface area contributed by atoms with Gasteiger partial charge in [-0.1, -0.05) is 47.5 Å². The predicted octanol–water partition coefficient (Wildman–Crippen LogP) is 4.89. The van der Waals surface area contributed by atoms with Crippen LogP contribution in [0.2, 0.25) is 10.0 Å². The number of rotatable bonds is 8. The van der Waals surface area contributed by atoms with E-state index in [-0.39, 0.29) is 11.5 Å². The molecular formula is C21H18Cl2N2O4S. The Morgan fingerprint density at radius 2 is 1.77 bits per heavy atom. The minimum absolute atomic E-state index is 0.126. The summed E-state index contributed by atoms with van der Waals surface area (Å²) >= 11 is 12.1. The molecule has 0 unspecified atom stereocenters. The smallest absolute Gasteiger partial charge is 0.276 e. The van der Waals surface area contributed by atoms with Gasteiger partial charge in [-0.2, -0.15) is 13.5 Å². The lowest BCUT2D eigenvalue weighted by Gasteiger charge is -2.12. The van der Waals surface area contributed by atoms with Crippen molar-refractivity contribution in [1.29, 1.82) is 0 Å². The summed E-state index contributed by atoms with van der Waals surface area (Å²) in [6, 6.07) is 18.2. The molecule has 3 aromatic rings. The van der Waals surface area contributed by atoms with Crippen molar-refractivity contribution in [3.05, 3.63) is 87.9 Å². The molecule has 0 radical (unpaired) electrons. The summed E-state index contributed by atoms with van der Waals surface area (Å²) in [6.07, 6.45) is 1.38. The van der Waals surface area contributed by atoms with Crippen LogP contribution in [0.25, 0.3) is 0 Å². The van der Waals surface area contributed by atoms with Crippen LogP contribution in [-0.4, -0.2) is 21.7 Å². The van der Waals surface area contributed by atoms with Crippen LogP contribution in [0.4, 0.5) is 0 Å². The van der Waals surface area contributed by atoms with E-state index in [4.69, 9.17) is 32.7 Å². The van der Waals surface area contributed by atoms with Gasteiger partial charge in [0.1, 0.15) is 6.61 Å². The number of hydrogen-bond donors (Lipinski definition) is 1. The molecule has 0 aliphatic carbocycles. The second-order valence-corrected chi connectivity index (χ2v) is 8.61. The summed E-state index contributed by atoms with van der Waals surface area (Å²) in [5, 5.41) is 4.87. The van der Waals surface area contributed by atoms with Crippen molar-refractivity contribution in [2.75, 3.05) is 7.11 Å². The number of sulfonamides is 1. The number of hydrazone groups is 1. The standard InChI is InChI=1S/C21H18Cl2N2O4S/c1-28-20-10-7-15(13-24-25-30(26,27)18-5-3-2-4-6-18)11-21(20)29-14-16-8-9-17(22)12-19(16)23/h2-13,25H,14H2,1H3/b24-13-. The number of nitrogens with one attached hydrogen (secondary N) is 1. The van der Waals surface area contributed by atoms with Crippen molar-refractivity contribution < 1.29 is 17.9 Å². The molecule has 3 rings (SSSR count). The minimum Gasteiger partial charge on any atom is -0.493 e. The van der Waals surface area contributed by atoms with Crippen LogP contribution in [-0.2, 0) is 16.6 Å². The van der Waals surface area contributed by atoms with E-state index in [1.807, 2.05) is 0 Å². The van der Waals surface area contributed by atoms with E-state index in [0.29, 0.717) is 27.1 Å². The van der Waals surface area contributed by atoms with Crippen molar-refractivity contribution in [2.24, 2.45) is 5.10 Å². The zero-order valence-corrected chi connectivity index (χ0v) is 18.2. The number of nitrogens with zero attached hydrogens (tertiary/aromatic N) is 1. The Morgan fingerprint density at radius 3 is 2.47 bits per heavy atom. The number of hydrogen-bond acceptors (Lipinski definition) is 5. The Kier molecular flexibility index (Phi) is 7.20. The fourth-order valence-electron chi connectivity index (χ4n) is 2.50. The van der Waals surface area contributed by atoms with Crippen molar-refractivity contribution in [2.45, 2.75) is 11.5 Å². The van der Waals surface area contributed by atoms with Gasteiger partial charge in [-0.3, -0.25) is 0 Å². The van der Waals surface area contributed by atoms with Crippen molar-refractivity contribution >= 4 is 39.4 Å². The molecule has 0 aliphatic heterocycles. The average Bonchev–Trinajstić information content (AvgIpc) is 2.74. The highest BCUT2D eigenvalue weighted by Gasteiger charge is 2.11.